The van der Waals surface area contributed by atoms with Gasteiger partial charge in [0.2, 0.25) is 0 Å². The van der Waals surface area contributed by atoms with Crippen LogP contribution in [-0.4, -0.2) is 44.3 Å². The summed E-state index contributed by atoms with van der Waals surface area (Å²) in [5.74, 6) is -3.62. The van der Waals surface area contributed by atoms with Gasteiger partial charge in [-0.25, -0.2) is 19.2 Å². The molecule has 4 N–H and O–H groups in total. The van der Waals surface area contributed by atoms with Crippen molar-refractivity contribution in [2.75, 3.05) is 0 Å². The molecule has 52 heteroatoms. The SMILES string of the molecule is O=C1OC(c2ccc(O)cc2)(c2ccc(OP(=O)([O-])OP(=O)([O-])[O-])cc2)c2ccccc21.O=C1OC(c2ccc(O)cc2)(c2ccc(OP(=O)([O-])OP(=O)([O-])[O-])cc2)c2ccccc21.O=C1OC(c2ccc(O)cc2)(c2ccc(OP(=O)([O-])OP(=O)([O-])[O-])cc2)c2ccccc21.O=C1OC(c2ccc(O)cc2)(c2ccc(OP(=O)([O-])OP(=O)([O-])[O-])cc2)c2ccccc21.[Na+].[Na+].[Na+].[Na+]. The molecule has 12 aromatic carbocycles. The van der Waals surface area contributed by atoms with E-state index in [1.54, 1.807) is 146 Å². The predicted molar refractivity (Wildman–Crippen MR) is 413 cm³/mol. The molecule has 132 heavy (non-hydrogen) atoms. The quantitative estimate of drug-likeness (QED) is 0.0189. The van der Waals surface area contributed by atoms with Crippen molar-refractivity contribution in [2.45, 2.75) is 22.4 Å². The number of phenolic OH excluding ortho intramolecular Hbond substituents is 4. The second-order valence-electron chi connectivity index (χ2n) is 27.0. The van der Waals surface area contributed by atoms with E-state index in [-0.39, 0.29) is 164 Å². The van der Waals surface area contributed by atoms with Crippen LogP contribution >= 0.6 is 62.6 Å². The molecule has 4 heterocycles. The van der Waals surface area contributed by atoms with Gasteiger partial charge in [0.15, 0.2) is 22.4 Å². The van der Waals surface area contributed by atoms with E-state index in [4.69, 9.17) is 18.9 Å². The molecule has 0 spiro atoms. The van der Waals surface area contributed by atoms with Crippen LogP contribution in [0, 0.1) is 0 Å². The second kappa shape index (κ2) is 42.4. The average Bonchev–Trinajstić information content (AvgIpc) is 1.58. The fourth-order valence-corrected chi connectivity index (χ4v) is 20.1. The molecule has 0 aromatic heterocycles. The first kappa shape index (κ1) is 108. The van der Waals surface area contributed by atoms with Gasteiger partial charge in [-0.05, 0) is 121 Å². The molecule has 40 nitrogen and oxygen atoms in total. The maximum absolute atomic E-state index is 12.6. The molecule has 16 rings (SSSR count). The van der Waals surface area contributed by atoms with Gasteiger partial charge >= 0.3 is 173 Å². The van der Waals surface area contributed by atoms with Crippen LogP contribution in [0.2, 0.25) is 0 Å². The summed E-state index contributed by atoms with van der Waals surface area (Å²) in [5, 5.41) is 38.7. The van der Waals surface area contributed by atoms with E-state index in [1.807, 2.05) is 0 Å². The van der Waals surface area contributed by atoms with Gasteiger partial charge in [-0.2, -0.15) is 0 Å². The normalized spacial score (nSPS) is 19.1. The molecule has 0 fully saturated rings. The van der Waals surface area contributed by atoms with Crippen molar-refractivity contribution in [3.05, 3.63) is 380 Å². The minimum Gasteiger partial charge on any atom is -0.789 e. The van der Waals surface area contributed by atoms with Crippen LogP contribution in [0.1, 0.15) is 108 Å². The molecule has 0 bridgehead atoms. The van der Waals surface area contributed by atoms with Gasteiger partial charge in [0.25, 0.3) is 0 Å². The molecule has 0 radical (unpaired) electrons. The number of cyclic esters (lactones) is 4. The Morgan fingerprint density at radius 1 is 0.212 bits per heavy atom. The summed E-state index contributed by atoms with van der Waals surface area (Å²) in [6, 6.07) is 71.6. The summed E-state index contributed by atoms with van der Waals surface area (Å²) in [7, 11) is -45.2. The zero-order valence-electron chi connectivity index (χ0n) is 67.8. The number of aromatic hydroxyl groups is 4. The van der Waals surface area contributed by atoms with Crippen molar-refractivity contribution in [3.63, 3.8) is 0 Å². The molecular weight excluding hydrogens is 1940 g/mol. The van der Waals surface area contributed by atoms with Crippen LogP contribution in [0.3, 0.4) is 0 Å². The monoisotopic (exact) mass is 1990 g/mol. The van der Waals surface area contributed by atoms with E-state index in [2.05, 4.69) is 35.3 Å². The van der Waals surface area contributed by atoms with E-state index in [9.17, 15) is 135 Å². The van der Waals surface area contributed by atoms with Gasteiger partial charge in [0.05, 0.1) is 53.5 Å². The maximum Gasteiger partial charge on any atom is 1.00 e. The van der Waals surface area contributed by atoms with Gasteiger partial charge in [-0.15, -0.1) is 0 Å². The van der Waals surface area contributed by atoms with Crippen LogP contribution in [0.4, 0.5) is 0 Å². The van der Waals surface area contributed by atoms with Crippen molar-refractivity contribution >= 4 is 86.5 Å². The minimum absolute atomic E-state index is 0. The van der Waals surface area contributed by atoms with E-state index in [0.717, 1.165) is 0 Å². The number of rotatable bonds is 24. The number of carbonyl (C=O) groups excluding carboxylic acids is 4. The number of hydrogen-bond donors (Lipinski definition) is 4. The van der Waals surface area contributed by atoms with E-state index < -0.39 is 109 Å². The first-order valence-electron chi connectivity index (χ1n) is 35.9. The first-order chi connectivity index (χ1) is 60.0. The standard InChI is InChI=1S/4C20H16O10P2.4Na/c4*21-15-9-5-13(6-10-15)20(18-4-2-1-3-17(18)19(22)28-20)14-7-11-16(12-8-14)29-32(26,27)30-31(23,24)25;;;;/h4*1-12,21H,(H,26,27)(H2,23,24,25);;;;/q;;;;4*+1/p-12. The van der Waals surface area contributed by atoms with Gasteiger partial charge in [0, 0.05) is 66.8 Å². The smallest absolute Gasteiger partial charge is 0.789 e. The summed E-state index contributed by atoms with van der Waals surface area (Å²) < 4.78 is 144. The molecule has 0 saturated carbocycles. The summed E-state index contributed by atoms with van der Waals surface area (Å²) in [4.78, 5) is 181. The number of phosphoric acid groups is 8. The second-order valence-corrected chi connectivity index (χ2v) is 37.5. The van der Waals surface area contributed by atoms with Crippen LogP contribution in [0.15, 0.2) is 291 Å². The molecule has 664 valence electrons. The Kier molecular flexibility index (Phi) is 34.6. The summed E-state index contributed by atoms with van der Waals surface area (Å²) in [5.41, 5.74) is 1.52. The number of ether oxygens (including phenoxy) is 4. The fraction of sp³-hybridized carbons (Fsp3) is 0.0500. The summed E-state index contributed by atoms with van der Waals surface area (Å²) in [6.07, 6.45) is 0. The van der Waals surface area contributed by atoms with Crippen LogP contribution in [0.5, 0.6) is 46.0 Å². The molecule has 0 saturated heterocycles. The Labute approximate surface area is 834 Å². The number of phosphoric ester groups is 4. The number of esters is 4. The number of carbonyl (C=O) groups is 4. The van der Waals surface area contributed by atoms with Crippen molar-refractivity contribution in [2.24, 2.45) is 0 Å². The van der Waals surface area contributed by atoms with E-state index >= 15 is 0 Å². The number of hydrogen-bond acceptors (Lipinski definition) is 40. The van der Waals surface area contributed by atoms with Crippen LogP contribution < -0.4 is 195 Å². The Balaban J connectivity index is 0.000000196. The third-order valence-electron chi connectivity index (χ3n) is 18.9. The van der Waals surface area contributed by atoms with Crippen LogP contribution in [0.25, 0.3) is 0 Å². The van der Waals surface area contributed by atoms with Crippen molar-refractivity contribution in [1.82, 2.24) is 0 Å². The van der Waals surface area contributed by atoms with Gasteiger partial charge in [-0.1, -0.05) is 170 Å². The Bertz CT molecular complexity index is 5890. The first-order valence-corrected chi connectivity index (χ1v) is 47.6. The predicted octanol–water partition coefficient (Wildman–Crippen LogP) is -5.80. The maximum atomic E-state index is 12.6. The van der Waals surface area contributed by atoms with Crippen LogP contribution in [-0.2, 0) is 95.1 Å². The van der Waals surface area contributed by atoms with E-state index in [0.29, 0.717) is 89.0 Å². The summed E-state index contributed by atoms with van der Waals surface area (Å²) >= 11 is 0. The molecule has 12 aromatic rings. The molecule has 0 aliphatic carbocycles. The molecule has 8 unspecified atom stereocenters. The third-order valence-corrected chi connectivity index (χ3v) is 27.0. The van der Waals surface area contributed by atoms with Crippen molar-refractivity contribution < 1.29 is 307 Å². The topological polar surface area (TPSA) is 673 Å². The Morgan fingerprint density at radius 3 is 0.492 bits per heavy atom. The third kappa shape index (κ3) is 24.9. The number of benzene rings is 12. The largest absolute Gasteiger partial charge is 1.00 e. The minimum atomic E-state index is -5.83. The number of fused-ring (bicyclic) bond motifs is 4. The molecule has 0 amide bonds. The summed E-state index contributed by atoms with van der Waals surface area (Å²) in [6.45, 7) is 0. The van der Waals surface area contributed by atoms with Crippen molar-refractivity contribution in [1.29, 1.82) is 0 Å². The number of phenols is 4. The molecule has 4 aliphatic heterocycles. The molecule has 4 aliphatic rings. The Morgan fingerprint density at radius 2 is 0.348 bits per heavy atom. The average molecular weight is 1990 g/mol. The zero-order valence-corrected chi connectivity index (χ0v) is 82.9. The molecular formula is C80H52Na4O40P8-8. The Hall–Kier alpha value is -7.88. The molecule has 8 atom stereocenters. The zero-order chi connectivity index (χ0) is 92.6. The van der Waals surface area contributed by atoms with Gasteiger partial charge in [-0.3, -0.25) is 35.5 Å². The van der Waals surface area contributed by atoms with Crippen molar-refractivity contribution in [3.8, 4) is 46.0 Å². The van der Waals surface area contributed by atoms with E-state index in [1.165, 1.54) is 146 Å². The van der Waals surface area contributed by atoms with Gasteiger partial charge in [0.1, 0.15) is 46.0 Å². The van der Waals surface area contributed by atoms with Gasteiger partial charge < -0.3 is 134 Å². The fourth-order valence-electron chi connectivity index (χ4n) is 14.1.